The van der Waals surface area contributed by atoms with Gasteiger partial charge in [-0.25, -0.2) is 16.5 Å². The van der Waals surface area contributed by atoms with Crippen molar-refractivity contribution in [3.8, 4) is 0 Å². The maximum absolute atomic E-state index is 5.40. The third kappa shape index (κ3) is 4.82. The molecule has 0 unspecified atom stereocenters. The first-order chi connectivity index (χ1) is 7.75. The molecule has 0 saturated carbocycles. The van der Waals surface area contributed by atoms with Gasteiger partial charge in [0.05, 0.1) is 6.54 Å². The number of guanidine groups is 1. The van der Waals surface area contributed by atoms with E-state index in [1.54, 1.807) is 0 Å². The standard InChI is InChI=1S/C12H18N4.2ClH/c13-12(14)15-6-8-16-7-5-10-3-1-2-4-11(10)9-16;;/h1-4H,5-9H2,(H4,13,14,15);2*1H. The van der Waals surface area contributed by atoms with Crippen molar-refractivity contribution in [2.75, 3.05) is 19.6 Å². The Hall–Kier alpha value is -0.810. The van der Waals surface area contributed by atoms with E-state index >= 15 is 0 Å². The minimum Gasteiger partial charge on any atom is -1.00 e. The highest BCUT2D eigenvalue weighted by Crippen LogP contribution is 2.17. The van der Waals surface area contributed by atoms with Crippen LogP contribution >= 0.6 is 0 Å². The molecule has 0 spiro atoms. The van der Waals surface area contributed by atoms with Crippen LogP contribution in [0.25, 0.3) is 0 Å². The second kappa shape index (κ2) is 8.32. The largest absolute Gasteiger partial charge is 1.00 e. The van der Waals surface area contributed by atoms with Crippen molar-refractivity contribution < 1.29 is 35.5 Å². The van der Waals surface area contributed by atoms with Crippen LogP contribution in [-0.2, 0) is 13.0 Å². The monoisotopic (exact) mass is 290 g/mol. The topological polar surface area (TPSA) is 71.5 Å². The molecule has 1 aromatic carbocycles. The number of halogens is 2. The number of nitrogens with two attached hydrogens (primary N) is 3. The zero-order chi connectivity index (χ0) is 11.4. The second-order valence-electron chi connectivity index (χ2n) is 4.29. The summed E-state index contributed by atoms with van der Waals surface area (Å²) in [4.78, 5) is 2.45. The summed E-state index contributed by atoms with van der Waals surface area (Å²) in [7, 11) is 0. The predicted octanol–water partition coefficient (Wildman–Crippen LogP) is -8.31. The molecule has 6 heteroatoms. The molecule has 2 rings (SSSR count). The van der Waals surface area contributed by atoms with Crippen LogP contribution in [0.3, 0.4) is 0 Å². The van der Waals surface area contributed by atoms with Gasteiger partial charge in [-0.1, -0.05) is 24.3 Å². The lowest BCUT2D eigenvalue weighted by Gasteiger charge is -2.27. The van der Waals surface area contributed by atoms with Crippen molar-refractivity contribution in [1.29, 1.82) is 0 Å². The van der Waals surface area contributed by atoms with Gasteiger partial charge in [-0.05, 0) is 17.5 Å². The molecule has 0 atom stereocenters. The summed E-state index contributed by atoms with van der Waals surface area (Å²) in [5, 5.41) is 7.29. The minimum absolute atomic E-state index is 0. The van der Waals surface area contributed by atoms with Gasteiger partial charge in [-0.15, -0.1) is 0 Å². The Balaban J connectivity index is 0.00000144. The van der Waals surface area contributed by atoms with Gasteiger partial charge in [0.25, 0.3) is 0 Å². The third-order valence-corrected chi connectivity index (χ3v) is 3.04. The number of nitrogens with zero attached hydrogens (tertiary/aromatic N) is 1. The Labute approximate surface area is 120 Å². The molecule has 0 fully saturated rings. The second-order valence-corrected chi connectivity index (χ2v) is 4.29. The van der Waals surface area contributed by atoms with Crippen LogP contribution in [0, 0.1) is 0 Å². The van der Waals surface area contributed by atoms with Crippen LogP contribution in [0.1, 0.15) is 11.1 Å². The van der Waals surface area contributed by atoms with Crippen molar-refractivity contribution in [2.24, 2.45) is 5.73 Å². The Morgan fingerprint density at radius 1 is 1.28 bits per heavy atom. The highest BCUT2D eigenvalue weighted by Gasteiger charge is 2.15. The summed E-state index contributed by atoms with van der Waals surface area (Å²) < 4.78 is 0. The van der Waals surface area contributed by atoms with Crippen molar-refractivity contribution in [3.63, 3.8) is 0 Å². The van der Waals surface area contributed by atoms with Gasteiger partial charge in [-0.3, -0.25) is 4.90 Å². The molecule has 0 radical (unpaired) electrons. The summed E-state index contributed by atoms with van der Waals surface area (Å²) in [6, 6.07) is 8.67. The first-order valence-corrected chi connectivity index (χ1v) is 5.76. The van der Waals surface area contributed by atoms with Crippen LogP contribution in [0.2, 0.25) is 0 Å². The molecule has 1 heterocycles. The Bertz CT molecular complexity index is 384. The van der Waals surface area contributed by atoms with Crippen LogP contribution < -0.4 is 41.3 Å². The fourth-order valence-electron chi connectivity index (χ4n) is 2.16. The number of fused-ring (bicyclic) bond motifs is 1. The highest BCUT2D eigenvalue weighted by molar-refractivity contribution is 5.59. The summed E-state index contributed by atoms with van der Waals surface area (Å²) in [6.07, 6.45) is 1.15. The Morgan fingerprint density at radius 3 is 2.61 bits per heavy atom. The first kappa shape index (κ1) is 17.2. The highest BCUT2D eigenvalue weighted by atomic mass is 35.5. The summed E-state index contributed by atoms with van der Waals surface area (Å²) in [6.45, 7) is 4.15. The van der Waals surface area contributed by atoms with Crippen molar-refractivity contribution in [2.45, 2.75) is 13.0 Å². The third-order valence-electron chi connectivity index (χ3n) is 3.04. The number of hydrogen-bond acceptors (Lipinski definition) is 1. The van der Waals surface area contributed by atoms with E-state index in [1.807, 2.05) is 5.32 Å². The van der Waals surface area contributed by atoms with Gasteiger partial charge in [0.15, 0.2) is 0 Å². The predicted molar refractivity (Wildman–Crippen MR) is 63.3 cm³/mol. The van der Waals surface area contributed by atoms with Gasteiger partial charge in [-0.2, -0.15) is 0 Å². The molecular weight excluding hydrogens is 271 g/mol. The molecule has 1 aliphatic rings. The van der Waals surface area contributed by atoms with Crippen molar-refractivity contribution >= 4 is 5.96 Å². The maximum atomic E-state index is 5.40. The number of hydrogen-bond donors (Lipinski definition) is 3. The smallest absolute Gasteiger partial charge is 0.434 e. The summed E-state index contributed by atoms with van der Waals surface area (Å²) in [5.41, 5.74) is 8.36. The summed E-state index contributed by atoms with van der Waals surface area (Å²) in [5.74, 6) is 0.428. The van der Waals surface area contributed by atoms with E-state index in [0.29, 0.717) is 5.96 Å². The number of rotatable bonds is 3. The van der Waals surface area contributed by atoms with E-state index < -0.39 is 0 Å². The quantitative estimate of drug-likeness (QED) is 0.382. The molecular formula is C12H20Cl2N4. The molecule has 4 nitrogen and oxygen atoms in total. The normalized spacial score (nSPS) is 14.0. The average molecular weight is 291 g/mol. The van der Waals surface area contributed by atoms with E-state index in [4.69, 9.17) is 11.1 Å². The van der Waals surface area contributed by atoms with E-state index in [2.05, 4.69) is 29.2 Å². The molecule has 0 bridgehead atoms. The molecule has 18 heavy (non-hydrogen) atoms. The molecule has 0 amide bonds. The van der Waals surface area contributed by atoms with Gasteiger partial charge in [0.2, 0.25) is 0 Å². The van der Waals surface area contributed by atoms with E-state index in [9.17, 15) is 0 Å². The van der Waals surface area contributed by atoms with Crippen LogP contribution in [0.5, 0.6) is 0 Å². The average Bonchev–Trinajstić information content (AvgIpc) is 2.28. The fourth-order valence-corrected chi connectivity index (χ4v) is 2.16. The lowest BCUT2D eigenvalue weighted by molar-refractivity contribution is -0.568. The minimum atomic E-state index is 0. The first-order valence-electron chi connectivity index (χ1n) is 5.76. The lowest BCUT2D eigenvalue weighted by atomic mass is 10.00. The molecule has 1 aliphatic heterocycles. The van der Waals surface area contributed by atoms with Crippen molar-refractivity contribution in [1.82, 2.24) is 4.90 Å². The molecule has 1 aromatic rings. The number of quaternary nitrogens is 1. The van der Waals surface area contributed by atoms with Crippen LogP contribution in [0.15, 0.2) is 24.3 Å². The number of benzene rings is 1. The molecule has 0 aromatic heterocycles. The molecule has 0 saturated heterocycles. The zero-order valence-corrected chi connectivity index (χ0v) is 11.8. The lowest BCUT2D eigenvalue weighted by Crippen LogP contribution is -3.00. The van der Waals surface area contributed by atoms with E-state index in [-0.39, 0.29) is 24.8 Å². The van der Waals surface area contributed by atoms with Gasteiger partial charge in [0.1, 0.15) is 0 Å². The maximum Gasteiger partial charge on any atom is 0.434 e. The van der Waals surface area contributed by atoms with E-state index in [0.717, 1.165) is 32.6 Å². The van der Waals surface area contributed by atoms with E-state index in [1.165, 1.54) is 11.1 Å². The SMILES string of the molecule is NC(=[NH2+])[NH2+]CCN1CCc2ccccc2C1.[Cl-].[Cl-]. The zero-order valence-electron chi connectivity index (χ0n) is 10.3. The van der Waals surface area contributed by atoms with Gasteiger partial charge >= 0.3 is 5.96 Å². The fraction of sp³-hybridized carbons (Fsp3) is 0.417. The Morgan fingerprint density at radius 2 is 1.94 bits per heavy atom. The molecule has 102 valence electrons. The van der Waals surface area contributed by atoms with Crippen LogP contribution in [0.4, 0.5) is 0 Å². The van der Waals surface area contributed by atoms with Gasteiger partial charge < -0.3 is 24.8 Å². The van der Waals surface area contributed by atoms with Crippen LogP contribution in [-0.4, -0.2) is 30.5 Å². The molecule has 6 N–H and O–H groups in total. The van der Waals surface area contributed by atoms with Gasteiger partial charge in [0, 0.05) is 19.6 Å². The summed E-state index contributed by atoms with van der Waals surface area (Å²) >= 11 is 0. The molecule has 0 aliphatic carbocycles. The Kier molecular flexibility index (Phi) is 7.95. The van der Waals surface area contributed by atoms with Crippen molar-refractivity contribution in [3.05, 3.63) is 35.4 Å².